The predicted octanol–water partition coefficient (Wildman–Crippen LogP) is 7.50. The Bertz CT molecular complexity index is 2160. The minimum absolute atomic E-state index is 0.0192. The van der Waals surface area contributed by atoms with Crippen LogP contribution in [0.4, 0.5) is 4.39 Å². The molecule has 0 radical (unpaired) electrons. The van der Waals surface area contributed by atoms with Crippen LogP contribution in [0, 0.1) is 17.7 Å². The zero-order valence-electron chi connectivity index (χ0n) is 28.2. The first-order chi connectivity index (χ1) is 24.1. The highest BCUT2D eigenvalue weighted by molar-refractivity contribution is 6.33. The number of carbonyl (C=O) groups excluding carboxylic acids is 5. The fourth-order valence-corrected chi connectivity index (χ4v) is 4.18. The molecule has 0 saturated heterocycles. The van der Waals surface area contributed by atoms with E-state index in [0.29, 0.717) is 11.3 Å². The van der Waals surface area contributed by atoms with E-state index in [4.69, 9.17) is 18.9 Å². The summed E-state index contributed by atoms with van der Waals surface area (Å²) < 4.78 is 37.6. The van der Waals surface area contributed by atoms with Crippen LogP contribution in [-0.4, -0.2) is 29.7 Å². The molecule has 0 heterocycles. The number of hydrogen-bond acceptors (Lipinski definition) is 9. The maximum atomic E-state index is 16.5. The predicted molar refractivity (Wildman–Crippen MR) is 187 cm³/mol. The van der Waals surface area contributed by atoms with E-state index in [1.54, 1.807) is 55.5 Å². The van der Waals surface area contributed by atoms with Gasteiger partial charge in [0.05, 0.1) is 11.1 Å². The Hall–Kier alpha value is -6.86. The van der Waals surface area contributed by atoms with E-state index < -0.39 is 41.2 Å². The molecule has 10 heteroatoms. The van der Waals surface area contributed by atoms with Crippen LogP contribution in [0.25, 0.3) is 22.3 Å². The van der Waals surface area contributed by atoms with Crippen molar-refractivity contribution in [1.29, 1.82) is 0 Å². The third-order valence-electron chi connectivity index (χ3n) is 6.89. The molecule has 0 aromatic heterocycles. The van der Waals surface area contributed by atoms with Gasteiger partial charge in [0.1, 0.15) is 17.2 Å². The highest BCUT2D eigenvalue weighted by Gasteiger charge is 2.26. The summed E-state index contributed by atoms with van der Waals surface area (Å²) in [4.78, 5) is 60.6. The molecule has 0 aliphatic carbocycles. The number of halogens is 1. The third-order valence-corrected chi connectivity index (χ3v) is 6.89. The van der Waals surface area contributed by atoms with Gasteiger partial charge < -0.3 is 18.9 Å². The van der Waals surface area contributed by atoms with Crippen molar-refractivity contribution in [2.75, 3.05) is 0 Å². The zero-order valence-corrected chi connectivity index (χ0v) is 28.2. The normalized spacial score (nSPS) is 10.1. The molecule has 0 amide bonds. The molecule has 51 heavy (non-hydrogen) atoms. The van der Waals surface area contributed by atoms with E-state index in [1.807, 2.05) is 0 Å². The summed E-state index contributed by atoms with van der Waals surface area (Å²) in [5, 5.41) is 0. The summed E-state index contributed by atoms with van der Waals surface area (Å²) in [5.74, 6) is -0.385. The number of benzene rings is 4. The fraction of sp³-hybridized carbons (Fsp3) is 0.0976. The van der Waals surface area contributed by atoms with Crippen molar-refractivity contribution >= 4 is 29.7 Å². The number of ketones is 1. The molecule has 0 bridgehead atoms. The average Bonchev–Trinajstić information content (AvgIpc) is 3.09. The van der Waals surface area contributed by atoms with Gasteiger partial charge >= 0.3 is 23.9 Å². The van der Waals surface area contributed by atoms with Crippen LogP contribution < -0.4 is 18.9 Å². The van der Waals surface area contributed by atoms with Crippen LogP contribution in [0.15, 0.2) is 115 Å². The molecular weight excluding hydrogens is 655 g/mol. The number of rotatable bonds is 10. The molecule has 0 spiro atoms. The number of ether oxygens (including phenoxy) is 4. The second-order valence-electron chi connectivity index (χ2n) is 11.3. The second-order valence-corrected chi connectivity index (χ2v) is 11.3. The first-order valence-electron chi connectivity index (χ1n) is 15.2. The Morgan fingerprint density at radius 1 is 0.549 bits per heavy atom. The van der Waals surface area contributed by atoms with Crippen LogP contribution in [-0.2, 0) is 24.0 Å². The maximum Gasteiger partial charge on any atom is 0.379 e. The van der Waals surface area contributed by atoms with E-state index >= 15 is 4.39 Å². The molecule has 256 valence electrons. The van der Waals surface area contributed by atoms with E-state index in [9.17, 15) is 24.0 Å². The largest absolute Gasteiger partial charge is 0.423 e. The quantitative estimate of drug-likeness (QED) is 0.0549. The van der Waals surface area contributed by atoms with E-state index in [0.717, 1.165) is 18.1 Å². The number of Topliss-reactive ketones (excluding diaryl/α,β-unsaturated/α-hetero) is 1. The molecule has 0 saturated carbocycles. The molecule has 0 aliphatic rings. The lowest BCUT2D eigenvalue weighted by Gasteiger charge is -2.16. The van der Waals surface area contributed by atoms with Gasteiger partial charge in [-0.1, -0.05) is 68.0 Å². The van der Waals surface area contributed by atoms with Gasteiger partial charge in [0.2, 0.25) is 5.78 Å². The molecule has 0 atom stereocenters. The molecule has 4 aromatic rings. The van der Waals surface area contributed by atoms with Crippen molar-refractivity contribution in [2.45, 2.75) is 27.7 Å². The molecule has 9 nitrogen and oxygen atoms in total. The number of esters is 4. The summed E-state index contributed by atoms with van der Waals surface area (Å²) in [6.07, 6.45) is 0. The Balaban J connectivity index is 1.76. The lowest BCUT2D eigenvalue weighted by molar-refractivity contribution is -0.146. The highest BCUT2D eigenvalue weighted by atomic mass is 19.1. The molecule has 0 fully saturated rings. The summed E-state index contributed by atoms with van der Waals surface area (Å²) in [5.41, 5.74) is 2.23. The lowest BCUT2D eigenvalue weighted by atomic mass is 10.00. The highest BCUT2D eigenvalue weighted by Crippen LogP contribution is 2.41. The first kappa shape index (κ1) is 37.0. The van der Waals surface area contributed by atoms with Crippen molar-refractivity contribution in [2.24, 2.45) is 0 Å². The fourth-order valence-electron chi connectivity index (χ4n) is 4.18. The number of hydrogen-bond donors (Lipinski definition) is 0. The monoisotopic (exact) mass is 686 g/mol. The van der Waals surface area contributed by atoms with Gasteiger partial charge in [-0.05, 0) is 73.9 Å². The minimum atomic E-state index is -1.35. The Morgan fingerprint density at radius 3 is 1.43 bits per heavy atom. The average molecular weight is 687 g/mol. The van der Waals surface area contributed by atoms with Gasteiger partial charge in [-0.15, -0.1) is 0 Å². The van der Waals surface area contributed by atoms with Gasteiger partial charge in [-0.3, -0.25) is 4.79 Å². The van der Waals surface area contributed by atoms with E-state index in [-0.39, 0.29) is 44.9 Å². The third kappa shape index (κ3) is 9.40. The first-order valence-corrected chi connectivity index (χ1v) is 15.2. The smallest absolute Gasteiger partial charge is 0.379 e. The van der Waals surface area contributed by atoms with Crippen LogP contribution in [0.2, 0.25) is 0 Å². The molecule has 0 unspecified atom stereocenters. The van der Waals surface area contributed by atoms with Gasteiger partial charge in [0.15, 0.2) is 11.6 Å². The van der Waals surface area contributed by atoms with Crippen molar-refractivity contribution in [3.63, 3.8) is 0 Å². The van der Waals surface area contributed by atoms with E-state index in [2.05, 4.69) is 31.6 Å². The molecule has 4 rings (SSSR count). The van der Waals surface area contributed by atoms with Gasteiger partial charge in [-0.25, -0.2) is 23.6 Å². The van der Waals surface area contributed by atoms with Crippen LogP contribution in [0.5, 0.6) is 23.0 Å². The van der Waals surface area contributed by atoms with Gasteiger partial charge in [0.25, 0.3) is 0 Å². The summed E-state index contributed by atoms with van der Waals surface area (Å²) in [6, 6.07) is 20.6. The van der Waals surface area contributed by atoms with Crippen LogP contribution in [0.1, 0.15) is 38.8 Å². The van der Waals surface area contributed by atoms with Crippen LogP contribution in [0.3, 0.4) is 0 Å². The minimum Gasteiger partial charge on any atom is -0.423 e. The van der Waals surface area contributed by atoms with Crippen LogP contribution >= 0.6 is 0 Å². The van der Waals surface area contributed by atoms with Gasteiger partial charge in [-0.2, -0.15) is 0 Å². The van der Waals surface area contributed by atoms with Crippen molar-refractivity contribution in [1.82, 2.24) is 0 Å². The van der Waals surface area contributed by atoms with Crippen molar-refractivity contribution < 1.29 is 47.3 Å². The number of carbonyl (C=O) groups is 5. The maximum absolute atomic E-state index is 16.5. The SMILES string of the molecule is C=C(C)C(=O)Oc1ccc(-c2ccc(C#Cc3cc(OC(=O)C(=C)C)c(-c4ccc(OC(=O)C(=C)C)cc4)c(F)c3OC(=O)C(C)=O)cc2)cc1. The Kier molecular flexibility index (Phi) is 11.6. The molecule has 4 aromatic carbocycles. The molecule has 0 aliphatic heterocycles. The van der Waals surface area contributed by atoms with Gasteiger partial charge in [0, 0.05) is 35.3 Å². The Labute approximate surface area is 293 Å². The van der Waals surface area contributed by atoms with E-state index in [1.165, 1.54) is 44.2 Å². The van der Waals surface area contributed by atoms with Crippen molar-refractivity contribution in [3.05, 3.63) is 132 Å². The summed E-state index contributed by atoms with van der Waals surface area (Å²) in [6.45, 7) is 16.1. The zero-order chi connectivity index (χ0) is 37.4. The molecule has 0 N–H and O–H groups in total. The summed E-state index contributed by atoms with van der Waals surface area (Å²) >= 11 is 0. The van der Waals surface area contributed by atoms with Crippen molar-refractivity contribution in [3.8, 4) is 57.1 Å². The summed E-state index contributed by atoms with van der Waals surface area (Å²) in [7, 11) is 0. The second kappa shape index (κ2) is 16.0. The Morgan fingerprint density at radius 2 is 0.980 bits per heavy atom. The lowest BCUT2D eigenvalue weighted by Crippen LogP contribution is -2.19. The molecular formula is C41H31FO9. The standard InChI is InChI=1S/C41H31FO9/c1-23(2)38(44)48-32-18-14-29(15-19-32)28-11-8-27(9-12-28)10-13-31-22-34(50-40(46)25(5)6)35(36(42)37(31)51-41(47)26(7)43)30-16-20-33(21-17-30)49-39(45)24(3)4/h8-9,11-12,14-22H,1,3,5H2,2,4,6-7H3. The topological polar surface area (TPSA) is 122 Å².